The molecule has 0 radical (unpaired) electrons. The molecule has 0 aliphatic heterocycles. The highest BCUT2D eigenvalue weighted by atomic mass is 32.2. The van der Waals surface area contributed by atoms with Crippen molar-refractivity contribution in [2.45, 2.75) is 185 Å². The van der Waals surface area contributed by atoms with Crippen molar-refractivity contribution >= 4 is 31.0 Å². The molecule has 0 heterocycles. The number of benzene rings is 2. The van der Waals surface area contributed by atoms with Crippen LogP contribution in [0.3, 0.4) is 0 Å². The number of rotatable bonds is 26. The molecule has 2 aromatic rings. The predicted octanol–water partition coefficient (Wildman–Crippen LogP) is 11.2. The Bertz CT molecular complexity index is 1350. The van der Waals surface area contributed by atoms with Crippen LogP contribution in [0.2, 0.25) is 0 Å². The van der Waals surface area contributed by atoms with Gasteiger partial charge in [-0.25, -0.2) is 0 Å². The van der Waals surface area contributed by atoms with Gasteiger partial charge in [-0.15, -0.1) is 0 Å². The maximum Gasteiger partial charge on any atom is 0.296 e. The third kappa shape index (κ3) is 13.6. The van der Waals surface area contributed by atoms with Crippen LogP contribution in [0.15, 0.2) is 28.0 Å². The van der Waals surface area contributed by atoms with Gasteiger partial charge in [-0.3, -0.25) is 9.11 Å². The summed E-state index contributed by atoms with van der Waals surface area (Å²) in [6.07, 6.45) is 24.8. The van der Waals surface area contributed by atoms with Crippen LogP contribution in [0.5, 0.6) is 0 Å². The lowest BCUT2D eigenvalue weighted by molar-refractivity contribution is 0.465. The molecule has 0 atom stereocenters. The van der Waals surface area contributed by atoms with E-state index in [0.29, 0.717) is 24.8 Å². The largest absolute Gasteiger partial charge is 0.296 e. The summed E-state index contributed by atoms with van der Waals surface area (Å²) in [5.41, 5.74) is 2.21. The summed E-state index contributed by atoms with van der Waals surface area (Å²) in [7, 11) is -9.91. The maximum absolute atomic E-state index is 13.0. The number of hydrogen-bond acceptors (Lipinski definition) is 4. The molecule has 2 N–H and O–H groups in total. The second kappa shape index (κ2) is 21.4. The van der Waals surface area contributed by atoms with Crippen LogP contribution in [0.1, 0.15) is 172 Å². The van der Waals surface area contributed by atoms with E-state index in [1.54, 1.807) is 12.1 Å². The van der Waals surface area contributed by atoms with Crippen LogP contribution in [0, 0.1) is 0 Å². The Morgan fingerprint density at radius 2 is 0.844 bits per heavy atom. The molecule has 0 aliphatic carbocycles. The highest BCUT2D eigenvalue weighted by Gasteiger charge is 2.33. The van der Waals surface area contributed by atoms with Crippen molar-refractivity contribution in [3.63, 3.8) is 0 Å². The molecule has 0 fully saturated rings. The fraction of sp³-hybridized carbons (Fsp3) is 0.730. The zero-order valence-corrected chi connectivity index (χ0v) is 30.2. The summed E-state index contributed by atoms with van der Waals surface area (Å²) in [5, 5.41) is 0.958. The van der Waals surface area contributed by atoms with Crippen LogP contribution in [0.4, 0.5) is 0 Å². The van der Waals surface area contributed by atoms with Crippen molar-refractivity contribution in [2.75, 3.05) is 0 Å². The second-order valence-electron chi connectivity index (χ2n) is 13.0. The standard InChI is InChI=1S/C37H62O6S2/c1-4-7-10-13-16-19-22-26-31-27-25-30-34-35(31)32(28-23-20-17-14-11-8-5-2)33(29-24-21-18-15-12-9-6-3)36(44(38,39)40)37(34)45(41,42)43/h25,27,30H,4-24,26,28-29H2,1-3H3,(H,38,39,40)(H,41,42,43). The Balaban J connectivity index is 2.58. The van der Waals surface area contributed by atoms with Crippen molar-refractivity contribution in [1.29, 1.82) is 0 Å². The first kappa shape index (κ1) is 39.7. The highest BCUT2D eigenvalue weighted by Crippen LogP contribution is 2.40. The summed E-state index contributed by atoms with van der Waals surface area (Å²) in [4.78, 5) is -1.28. The summed E-state index contributed by atoms with van der Waals surface area (Å²) >= 11 is 0. The molecule has 2 aromatic carbocycles. The number of fused-ring (bicyclic) bond motifs is 1. The minimum absolute atomic E-state index is 0.201. The van der Waals surface area contributed by atoms with Gasteiger partial charge in [0.15, 0.2) is 0 Å². The number of aryl methyl sites for hydroxylation is 2. The lowest BCUT2D eigenvalue weighted by atomic mass is 9.87. The van der Waals surface area contributed by atoms with Crippen LogP contribution >= 0.6 is 0 Å². The summed E-state index contributed by atoms with van der Waals surface area (Å²) in [6.45, 7) is 6.59. The molecule has 45 heavy (non-hydrogen) atoms. The van der Waals surface area contributed by atoms with Gasteiger partial charge >= 0.3 is 0 Å². The highest BCUT2D eigenvalue weighted by molar-refractivity contribution is 7.89. The van der Waals surface area contributed by atoms with Gasteiger partial charge in [0.2, 0.25) is 0 Å². The van der Waals surface area contributed by atoms with Gasteiger partial charge in [0.05, 0.1) is 0 Å². The molecule has 0 aromatic heterocycles. The Kier molecular flexibility index (Phi) is 18.9. The van der Waals surface area contributed by atoms with E-state index in [9.17, 15) is 25.9 Å². The second-order valence-corrected chi connectivity index (χ2v) is 15.7. The maximum atomic E-state index is 13.0. The number of hydrogen-bond donors (Lipinski definition) is 2. The SMILES string of the molecule is CCCCCCCCCc1c(S(=O)(=O)O)c(S(=O)(=O)O)c2cccc(CCCCCCCCC)c2c1CCCCCCCCC. The van der Waals surface area contributed by atoms with Gasteiger partial charge in [0, 0.05) is 5.39 Å². The van der Waals surface area contributed by atoms with E-state index < -0.39 is 30.0 Å². The van der Waals surface area contributed by atoms with E-state index in [2.05, 4.69) is 20.8 Å². The fourth-order valence-corrected chi connectivity index (χ4v) is 9.08. The van der Waals surface area contributed by atoms with Crippen molar-refractivity contribution in [3.05, 3.63) is 34.9 Å². The third-order valence-corrected chi connectivity index (χ3v) is 11.2. The van der Waals surface area contributed by atoms with E-state index in [1.807, 2.05) is 6.07 Å². The van der Waals surface area contributed by atoms with Gasteiger partial charge in [0.1, 0.15) is 9.79 Å². The van der Waals surface area contributed by atoms with E-state index in [4.69, 9.17) is 0 Å². The summed E-state index contributed by atoms with van der Waals surface area (Å²) in [5.74, 6) is 0. The molecule has 0 bridgehead atoms. The zero-order valence-electron chi connectivity index (χ0n) is 28.5. The first-order valence-electron chi connectivity index (χ1n) is 18.1. The molecule has 258 valence electrons. The first-order valence-corrected chi connectivity index (χ1v) is 21.0. The fourth-order valence-electron chi connectivity index (χ4n) is 6.76. The summed E-state index contributed by atoms with van der Waals surface area (Å²) in [6, 6.07) is 5.36. The van der Waals surface area contributed by atoms with E-state index >= 15 is 0 Å². The summed E-state index contributed by atoms with van der Waals surface area (Å²) < 4.78 is 72.8. The minimum Gasteiger partial charge on any atom is -0.282 e. The lowest BCUT2D eigenvalue weighted by Gasteiger charge is -2.22. The van der Waals surface area contributed by atoms with Gasteiger partial charge in [-0.2, -0.15) is 16.8 Å². The van der Waals surface area contributed by atoms with Crippen molar-refractivity contribution < 1.29 is 25.9 Å². The molecule has 0 saturated heterocycles. The van der Waals surface area contributed by atoms with Gasteiger partial charge in [-0.05, 0) is 60.6 Å². The van der Waals surface area contributed by atoms with Crippen molar-refractivity contribution in [2.24, 2.45) is 0 Å². The smallest absolute Gasteiger partial charge is 0.282 e. The first-order chi connectivity index (χ1) is 21.6. The molecule has 0 amide bonds. The topological polar surface area (TPSA) is 109 Å². The number of unbranched alkanes of at least 4 members (excludes halogenated alkanes) is 18. The van der Waals surface area contributed by atoms with E-state index in [-0.39, 0.29) is 5.39 Å². The molecule has 2 rings (SSSR count). The molecule has 0 spiro atoms. The molecular weight excluding hydrogens is 605 g/mol. The molecule has 6 nitrogen and oxygen atoms in total. The van der Waals surface area contributed by atoms with Crippen LogP contribution in [-0.4, -0.2) is 25.9 Å². The quantitative estimate of drug-likeness (QED) is 0.0764. The van der Waals surface area contributed by atoms with Crippen LogP contribution < -0.4 is 0 Å². The van der Waals surface area contributed by atoms with Gasteiger partial charge < -0.3 is 0 Å². The molecule has 0 saturated carbocycles. The third-order valence-electron chi connectivity index (χ3n) is 9.17. The van der Waals surface area contributed by atoms with E-state index in [1.165, 1.54) is 64.2 Å². The molecule has 0 aliphatic rings. The zero-order chi connectivity index (χ0) is 33.1. The molecular formula is C37H62O6S2. The van der Waals surface area contributed by atoms with Gasteiger partial charge in [-0.1, -0.05) is 155 Å². The monoisotopic (exact) mass is 666 g/mol. The normalized spacial score (nSPS) is 12.4. The average Bonchev–Trinajstić information content (AvgIpc) is 2.98. The Labute approximate surface area is 275 Å². The Hall–Kier alpha value is -1.48. The predicted molar refractivity (Wildman–Crippen MR) is 189 cm³/mol. The molecule has 0 unspecified atom stereocenters. The van der Waals surface area contributed by atoms with Crippen LogP contribution in [-0.2, 0) is 39.5 Å². The Morgan fingerprint density at radius 1 is 0.467 bits per heavy atom. The molecule has 8 heteroatoms. The lowest BCUT2D eigenvalue weighted by Crippen LogP contribution is -2.16. The average molecular weight is 667 g/mol. The van der Waals surface area contributed by atoms with Gasteiger partial charge in [0.25, 0.3) is 20.2 Å². The van der Waals surface area contributed by atoms with Crippen molar-refractivity contribution in [3.8, 4) is 0 Å². The van der Waals surface area contributed by atoms with E-state index in [0.717, 1.165) is 87.1 Å². The minimum atomic E-state index is -4.96. The Morgan fingerprint density at radius 3 is 1.27 bits per heavy atom. The van der Waals surface area contributed by atoms with Crippen molar-refractivity contribution in [1.82, 2.24) is 0 Å². The van der Waals surface area contributed by atoms with Crippen LogP contribution in [0.25, 0.3) is 10.8 Å².